The van der Waals surface area contributed by atoms with E-state index in [0.29, 0.717) is 11.8 Å². The molecule has 0 aliphatic carbocycles. The zero-order chi connectivity index (χ0) is 17.7. The molecule has 0 N–H and O–H groups in total. The zero-order valence-electron chi connectivity index (χ0n) is 14.7. The molecule has 0 aliphatic rings. The number of nitrogens with zero attached hydrogens (tertiary/aromatic N) is 2. The van der Waals surface area contributed by atoms with Crippen LogP contribution < -0.4 is 0 Å². The Bertz CT molecular complexity index is 631. The first-order chi connectivity index (χ1) is 11.1. The highest BCUT2D eigenvalue weighted by atomic mass is 16.4. The molecule has 0 atom stereocenters. The zero-order valence-corrected chi connectivity index (χ0v) is 14.7. The smallest absolute Gasteiger partial charge is 0.248 e. The van der Waals surface area contributed by atoms with Crippen LogP contribution in [0.2, 0.25) is 0 Å². The minimum Gasteiger partial charge on any atom is -0.417 e. The van der Waals surface area contributed by atoms with Crippen LogP contribution in [0.25, 0.3) is 17.0 Å². The van der Waals surface area contributed by atoms with Crippen LogP contribution in [0, 0.1) is 19.8 Å². The largest absolute Gasteiger partial charge is 0.417 e. The van der Waals surface area contributed by atoms with Crippen molar-refractivity contribution in [2.45, 2.75) is 41.0 Å². The molecule has 3 heteroatoms. The molecule has 1 aromatic carbocycles. The third kappa shape index (κ3) is 7.28. The van der Waals surface area contributed by atoms with Crippen molar-refractivity contribution < 1.29 is 4.42 Å². The Morgan fingerprint density at radius 2 is 1.74 bits per heavy atom. The number of hydrogen-bond acceptors (Lipinski definition) is 3. The minimum atomic E-state index is 0.566. The van der Waals surface area contributed by atoms with Gasteiger partial charge >= 0.3 is 0 Å². The summed E-state index contributed by atoms with van der Waals surface area (Å²) in [7, 11) is 0. The molecule has 1 aromatic heterocycles. The summed E-state index contributed by atoms with van der Waals surface area (Å²) in [5, 5.41) is 8.03. The number of rotatable bonds is 3. The fraction of sp³-hybridized carbons (Fsp3) is 0.300. The molecule has 3 nitrogen and oxygen atoms in total. The molecule has 0 amide bonds. The highest BCUT2D eigenvalue weighted by Crippen LogP contribution is 2.21. The van der Waals surface area contributed by atoms with Crippen LogP contribution in [-0.2, 0) is 0 Å². The normalized spacial score (nSPS) is 10.5. The van der Waals surface area contributed by atoms with E-state index in [1.165, 1.54) is 5.56 Å². The molecule has 0 radical (unpaired) electrons. The highest BCUT2D eigenvalue weighted by Gasteiger charge is 2.08. The van der Waals surface area contributed by atoms with Gasteiger partial charge in [-0.1, -0.05) is 42.8 Å². The van der Waals surface area contributed by atoms with Gasteiger partial charge in [-0.05, 0) is 46.2 Å². The quantitative estimate of drug-likeness (QED) is 0.540. The summed E-state index contributed by atoms with van der Waals surface area (Å²) >= 11 is 0. The van der Waals surface area contributed by atoms with E-state index in [4.69, 9.17) is 4.42 Å². The van der Waals surface area contributed by atoms with E-state index in [2.05, 4.69) is 42.1 Å². The molecule has 1 heterocycles. The number of terminal acetylenes is 1. The van der Waals surface area contributed by atoms with Crippen molar-refractivity contribution in [2.24, 2.45) is 0 Å². The standard InChI is InChI=1S/C13H14N2O.C5H10.C2H2/c1-4-10(3)12-14-15-13(16-12)11-7-5-9(2)6-8-11;1-3-5-4-2;1-2/h4-8H,1-3H3;3,5H,4H2,1-2H3;1-2H/b10-4+;5-3-;. The fourth-order valence-electron chi connectivity index (χ4n) is 1.55. The van der Waals surface area contributed by atoms with Crippen molar-refractivity contribution in [3.05, 3.63) is 53.9 Å². The third-order valence-electron chi connectivity index (χ3n) is 2.97. The molecule has 2 rings (SSSR count). The molecule has 0 saturated carbocycles. The van der Waals surface area contributed by atoms with Gasteiger partial charge in [-0.15, -0.1) is 23.0 Å². The van der Waals surface area contributed by atoms with Gasteiger partial charge in [0, 0.05) is 11.1 Å². The lowest BCUT2D eigenvalue weighted by Gasteiger charge is -1.95. The topological polar surface area (TPSA) is 38.9 Å². The molecule has 2 aromatic rings. The molecular formula is C20H26N2O. The Kier molecular flexibility index (Phi) is 10.6. The van der Waals surface area contributed by atoms with Crippen LogP contribution in [0.15, 0.2) is 46.9 Å². The van der Waals surface area contributed by atoms with E-state index in [-0.39, 0.29) is 0 Å². The average Bonchev–Trinajstić information content (AvgIpc) is 3.08. The third-order valence-corrected chi connectivity index (χ3v) is 2.97. The summed E-state index contributed by atoms with van der Waals surface area (Å²) in [6.07, 6.45) is 15.3. The summed E-state index contributed by atoms with van der Waals surface area (Å²) in [6.45, 7) is 10.1. The lowest BCUT2D eigenvalue weighted by Crippen LogP contribution is -1.78. The lowest BCUT2D eigenvalue weighted by molar-refractivity contribution is 0.553. The number of benzene rings is 1. The summed E-state index contributed by atoms with van der Waals surface area (Å²) in [4.78, 5) is 0. The molecule has 122 valence electrons. The predicted octanol–water partition coefficient (Wildman–Crippen LogP) is 5.69. The Balaban J connectivity index is 0.000000594. The van der Waals surface area contributed by atoms with Crippen molar-refractivity contribution in [2.75, 3.05) is 0 Å². The van der Waals surface area contributed by atoms with Crippen LogP contribution in [0.3, 0.4) is 0 Å². The van der Waals surface area contributed by atoms with Crippen LogP contribution in [0.5, 0.6) is 0 Å². The number of allylic oxidation sites excluding steroid dienone is 4. The van der Waals surface area contributed by atoms with Crippen molar-refractivity contribution in [1.82, 2.24) is 10.2 Å². The van der Waals surface area contributed by atoms with Crippen molar-refractivity contribution in [3.8, 4) is 24.3 Å². The molecule has 0 saturated heterocycles. The monoisotopic (exact) mass is 310 g/mol. The van der Waals surface area contributed by atoms with Crippen LogP contribution in [0.1, 0.15) is 45.6 Å². The summed E-state index contributed by atoms with van der Waals surface area (Å²) in [6, 6.07) is 8.03. The maximum absolute atomic E-state index is 5.57. The minimum absolute atomic E-state index is 0.566. The number of hydrogen-bond donors (Lipinski definition) is 0. The summed E-state index contributed by atoms with van der Waals surface area (Å²) < 4.78 is 5.57. The molecular weight excluding hydrogens is 284 g/mol. The first kappa shape index (κ1) is 20.4. The summed E-state index contributed by atoms with van der Waals surface area (Å²) in [5.41, 5.74) is 3.16. The van der Waals surface area contributed by atoms with Crippen LogP contribution in [-0.4, -0.2) is 10.2 Å². The van der Waals surface area contributed by atoms with Gasteiger partial charge in [0.15, 0.2) is 0 Å². The molecule has 0 fully saturated rings. The van der Waals surface area contributed by atoms with E-state index < -0.39 is 0 Å². The van der Waals surface area contributed by atoms with E-state index in [9.17, 15) is 0 Å². The number of aromatic nitrogens is 2. The maximum atomic E-state index is 5.57. The van der Waals surface area contributed by atoms with Gasteiger partial charge in [0.05, 0.1) is 0 Å². The van der Waals surface area contributed by atoms with Crippen LogP contribution in [0.4, 0.5) is 0 Å². The molecule has 0 unspecified atom stereocenters. The van der Waals surface area contributed by atoms with Crippen molar-refractivity contribution in [3.63, 3.8) is 0 Å². The second-order valence-electron chi connectivity index (χ2n) is 4.73. The first-order valence-electron chi connectivity index (χ1n) is 7.60. The van der Waals surface area contributed by atoms with Crippen molar-refractivity contribution in [1.29, 1.82) is 0 Å². The Morgan fingerprint density at radius 3 is 2.17 bits per heavy atom. The van der Waals surface area contributed by atoms with Gasteiger partial charge in [-0.25, -0.2) is 0 Å². The SMILES string of the molecule is C#C.C/C=C(\C)c1nnc(-c2ccc(C)cc2)o1.C/C=C\CC. The lowest BCUT2D eigenvalue weighted by atomic mass is 10.1. The molecule has 23 heavy (non-hydrogen) atoms. The van der Waals surface area contributed by atoms with Crippen LogP contribution >= 0.6 is 0 Å². The van der Waals surface area contributed by atoms with E-state index >= 15 is 0 Å². The Morgan fingerprint density at radius 1 is 1.13 bits per heavy atom. The Hall–Kier alpha value is -2.60. The van der Waals surface area contributed by atoms with Crippen molar-refractivity contribution >= 4 is 5.57 Å². The van der Waals surface area contributed by atoms with E-state index in [0.717, 1.165) is 17.6 Å². The predicted molar refractivity (Wildman–Crippen MR) is 98.8 cm³/mol. The first-order valence-corrected chi connectivity index (χ1v) is 7.60. The van der Waals surface area contributed by atoms with Gasteiger partial charge in [-0.3, -0.25) is 0 Å². The van der Waals surface area contributed by atoms with E-state index in [1.807, 2.05) is 58.0 Å². The van der Waals surface area contributed by atoms with E-state index in [1.54, 1.807) is 0 Å². The maximum Gasteiger partial charge on any atom is 0.248 e. The number of aryl methyl sites for hydroxylation is 1. The average molecular weight is 310 g/mol. The fourth-order valence-corrected chi connectivity index (χ4v) is 1.55. The highest BCUT2D eigenvalue weighted by molar-refractivity contribution is 5.58. The second-order valence-corrected chi connectivity index (χ2v) is 4.73. The Labute approximate surface area is 140 Å². The molecule has 0 spiro atoms. The van der Waals surface area contributed by atoms with Gasteiger partial charge in [0.2, 0.25) is 11.8 Å². The van der Waals surface area contributed by atoms with Gasteiger partial charge in [-0.2, -0.15) is 0 Å². The van der Waals surface area contributed by atoms with Gasteiger partial charge in [0.25, 0.3) is 0 Å². The summed E-state index contributed by atoms with van der Waals surface area (Å²) in [5.74, 6) is 1.15. The molecule has 0 aliphatic heterocycles. The van der Waals surface area contributed by atoms with Gasteiger partial charge < -0.3 is 4.42 Å². The molecule has 0 bridgehead atoms. The second kappa shape index (κ2) is 12.0. The van der Waals surface area contributed by atoms with Gasteiger partial charge in [0.1, 0.15) is 0 Å².